The van der Waals surface area contributed by atoms with Crippen molar-refractivity contribution in [3.05, 3.63) is 29.6 Å². The fraction of sp³-hybridized carbons (Fsp3) is 0.300. The van der Waals surface area contributed by atoms with Gasteiger partial charge in [-0.05, 0) is 43.6 Å². The van der Waals surface area contributed by atoms with Crippen LogP contribution in [-0.2, 0) is 0 Å². The molecule has 0 aliphatic carbocycles. The molecule has 1 aromatic rings. The number of ether oxygens (including phenoxy) is 1. The number of carbonyl (C=O) groups excluding carboxylic acids is 1. The Morgan fingerprint density at radius 3 is 2.57 bits per heavy atom. The zero-order chi connectivity index (χ0) is 10.7. The maximum atomic E-state index is 13.2. The van der Waals surface area contributed by atoms with Crippen LogP contribution in [0.25, 0.3) is 0 Å². The highest BCUT2D eigenvalue weighted by Gasteiger charge is 2.09. The maximum absolute atomic E-state index is 13.2. The van der Waals surface area contributed by atoms with E-state index >= 15 is 0 Å². The summed E-state index contributed by atoms with van der Waals surface area (Å²) in [6.45, 7) is 3.58. The molecule has 76 valence electrons. The van der Waals surface area contributed by atoms with E-state index < -0.39 is 11.1 Å². The molecule has 4 heteroatoms. The quantitative estimate of drug-likeness (QED) is 0.726. The van der Waals surface area contributed by atoms with Gasteiger partial charge in [0.15, 0.2) is 11.6 Å². The summed E-state index contributed by atoms with van der Waals surface area (Å²) in [6, 6.07) is 3.88. The van der Waals surface area contributed by atoms with Gasteiger partial charge in [0.2, 0.25) is 0 Å². The van der Waals surface area contributed by atoms with Crippen LogP contribution in [0.4, 0.5) is 4.39 Å². The van der Waals surface area contributed by atoms with Crippen LogP contribution in [0.5, 0.6) is 5.75 Å². The van der Waals surface area contributed by atoms with Crippen LogP contribution in [0, 0.1) is 5.82 Å². The number of rotatable bonds is 3. The van der Waals surface area contributed by atoms with Gasteiger partial charge < -0.3 is 4.74 Å². The van der Waals surface area contributed by atoms with E-state index in [0.717, 1.165) is 6.07 Å². The smallest absolute Gasteiger partial charge is 0.252 e. The Hall–Kier alpha value is -1.09. The molecule has 1 aromatic carbocycles. The van der Waals surface area contributed by atoms with E-state index in [2.05, 4.69) is 0 Å². The summed E-state index contributed by atoms with van der Waals surface area (Å²) in [4.78, 5) is 10.7. The van der Waals surface area contributed by atoms with E-state index in [-0.39, 0.29) is 17.4 Å². The van der Waals surface area contributed by atoms with Crippen molar-refractivity contribution in [2.75, 3.05) is 0 Å². The molecular formula is C10H10ClFO2. The Morgan fingerprint density at radius 1 is 1.50 bits per heavy atom. The summed E-state index contributed by atoms with van der Waals surface area (Å²) in [5, 5.41) is -0.681. The summed E-state index contributed by atoms with van der Waals surface area (Å²) in [5.74, 6) is -0.452. The predicted molar refractivity (Wildman–Crippen MR) is 52.3 cm³/mol. The van der Waals surface area contributed by atoms with Crippen molar-refractivity contribution in [1.82, 2.24) is 0 Å². The van der Waals surface area contributed by atoms with Crippen LogP contribution in [-0.4, -0.2) is 11.3 Å². The first kappa shape index (κ1) is 11.0. The van der Waals surface area contributed by atoms with Gasteiger partial charge in [0.05, 0.1) is 6.10 Å². The fourth-order valence-electron chi connectivity index (χ4n) is 0.973. The zero-order valence-corrected chi connectivity index (χ0v) is 8.64. The van der Waals surface area contributed by atoms with E-state index in [1.807, 2.05) is 0 Å². The van der Waals surface area contributed by atoms with Gasteiger partial charge in [-0.3, -0.25) is 4.79 Å². The number of benzene rings is 1. The van der Waals surface area contributed by atoms with Gasteiger partial charge in [-0.25, -0.2) is 4.39 Å². The monoisotopic (exact) mass is 216 g/mol. The third-order valence-electron chi connectivity index (χ3n) is 1.52. The topological polar surface area (TPSA) is 26.3 Å². The summed E-state index contributed by atoms with van der Waals surface area (Å²) in [5.41, 5.74) is 0.125. The van der Waals surface area contributed by atoms with Gasteiger partial charge in [0.1, 0.15) is 0 Å². The van der Waals surface area contributed by atoms with E-state index in [4.69, 9.17) is 16.3 Å². The van der Waals surface area contributed by atoms with E-state index in [1.165, 1.54) is 12.1 Å². The molecule has 0 bridgehead atoms. The van der Waals surface area contributed by atoms with Gasteiger partial charge in [-0.2, -0.15) is 0 Å². The molecule has 0 atom stereocenters. The lowest BCUT2D eigenvalue weighted by Crippen LogP contribution is -2.07. The molecule has 1 rings (SSSR count). The van der Waals surface area contributed by atoms with Gasteiger partial charge in [0, 0.05) is 5.56 Å². The first-order valence-electron chi connectivity index (χ1n) is 4.16. The molecule has 0 saturated carbocycles. The summed E-state index contributed by atoms with van der Waals surface area (Å²) < 4.78 is 18.4. The van der Waals surface area contributed by atoms with Crippen LogP contribution in [0.3, 0.4) is 0 Å². The molecule has 0 spiro atoms. The van der Waals surface area contributed by atoms with Crippen molar-refractivity contribution < 1.29 is 13.9 Å². The normalized spacial score (nSPS) is 10.4. The maximum Gasteiger partial charge on any atom is 0.252 e. The van der Waals surface area contributed by atoms with Crippen molar-refractivity contribution in [3.8, 4) is 5.75 Å². The van der Waals surface area contributed by atoms with Crippen molar-refractivity contribution in [2.24, 2.45) is 0 Å². The van der Waals surface area contributed by atoms with Crippen molar-refractivity contribution in [1.29, 1.82) is 0 Å². The summed E-state index contributed by atoms with van der Waals surface area (Å²) >= 11 is 5.19. The largest absolute Gasteiger partial charge is 0.488 e. The molecular weight excluding hydrogens is 207 g/mol. The zero-order valence-electron chi connectivity index (χ0n) is 7.88. The lowest BCUT2D eigenvalue weighted by atomic mass is 10.2. The van der Waals surface area contributed by atoms with Crippen molar-refractivity contribution >= 4 is 16.8 Å². The lowest BCUT2D eigenvalue weighted by Gasteiger charge is -2.10. The van der Waals surface area contributed by atoms with Crippen LogP contribution in [0.15, 0.2) is 18.2 Å². The van der Waals surface area contributed by atoms with E-state index in [9.17, 15) is 9.18 Å². The van der Waals surface area contributed by atoms with Crippen molar-refractivity contribution in [3.63, 3.8) is 0 Å². The second-order valence-corrected chi connectivity index (χ2v) is 3.43. The third-order valence-corrected chi connectivity index (χ3v) is 1.74. The fourth-order valence-corrected chi connectivity index (χ4v) is 1.09. The first-order valence-corrected chi connectivity index (χ1v) is 4.54. The summed E-state index contributed by atoms with van der Waals surface area (Å²) in [7, 11) is 0. The molecule has 0 aliphatic rings. The minimum absolute atomic E-state index is 0.109. The molecule has 0 aliphatic heterocycles. The Morgan fingerprint density at radius 2 is 2.14 bits per heavy atom. The predicted octanol–water partition coefficient (Wildman–Crippen LogP) is 2.99. The van der Waals surface area contributed by atoms with E-state index in [1.54, 1.807) is 13.8 Å². The molecule has 0 aromatic heterocycles. The molecule has 0 heterocycles. The highest BCUT2D eigenvalue weighted by molar-refractivity contribution is 6.67. The lowest BCUT2D eigenvalue weighted by molar-refractivity contribution is 0.108. The van der Waals surface area contributed by atoms with E-state index in [0.29, 0.717) is 0 Å². The Kier molecular flexibility index (Phi) is 3.47. The molecule has 0 unspecified atom stereocenters. The Balaban J connectivity index is 2.95. The highest BCUT2D eigenvalue weighted by atomic mass is 35.5. The minimum atomic E-state index is -0.681. The standard InChI is InChI=1S/C10H10ClFO2/c1-6(2)14-9-4-3-7(10(11)13)5-8(9)12/h3-6H,1-2H3. The van der Waals surface area contributed by atoms with Gasteiger partial charge in [-0.15, -0.1) is 0 Å². The second-order valence-electron chi connectivity index (χ2n) is 3.09. The molecule has 0 amide bonds. The molecule has 0 fully saturated rings. The van der Waals surface area contributed by atoms with Crippen LogP contribution >= 0.6 is 11.6 Å². The molecule has 2 nitrogen and oxygen atoms in total. The molecule has 0 N–H and O–H groups in total. The van der Waals surface area contributed by atoms with Crippen LogP contribution < -0.4 is 4.74 Å². The van der Waals surface area contributed by atoms with Crippen LogP contribution in [0.1, 0.15) is 24.2 Å². The molecule has 0 radical (unpaired) electrons. The third kappa shape index (κ3) is 2.70. The number of halogens is 2. The minimum Gasteiger partial charge on any atom is -0.488 e. The van der Waals surface area contributed by atoms with Gasteiger partial charge in [-0.1, -0.05) is 0 Å². The average molecular weight is 217 g/mol. The molecule has 0 saturated heterocycles. The van der Waals surface area contributed by atoms with Crippen LogP contribution in [0.2, 0.25) is 0 Å². The van der Waals surface area contributed by atoms with Gasteiger partial charge in [0.25, 0.3) is 5.24 Å². The number of carbonyl (C=O) groups is 1. The number of hydrogen-bond donors (Lipinski definition) is 0. The summed E-state index contributed by atoms with van der Waals surface area (Å²) in [6.07, 6.45) is -0.109. The Bertz CT molecular complexity index is 350. The SMILES string of the molecule is CC(C)Oc1ccc(C(=O)Cl)cc1F. The number of hydrogen-bond acceptors (Lipinski definition) is 2. The highest BCUT2D eigenvalue weighted by Crippen LogP contribution is 2.20. The average Bonchev–Trinajstić information content (AvgIpc) is 2.07. The van der Waals surface area contributed by atoms with Gasteiger partial charge >= 0.3 is 0 Å². The van der Waals surface area contributed by atoms with Crippen molar-refractivity contribution in [2.45, 2.75) is 20.0 Å². The Labute approximate surface area is 86.6 Å². The molecule has 14 heavy (non-hydrogen) atoms. The first-order chi connectivity index (χ1) is 6.50. The second kappa shape index (κ2) is 4.42.